The lowest BCUT2D eigenvalue weighted by atomic mass is 9.86. The highest BCUT2D eigenvalue weighted by Gasteiger charge is 2.23. The zero-order valence-electron chi connectivity index (χ0n) is 30.4. The fourth-order valence-electron chi connectivity index (χ4n) is 7.95. The number of nitrogens with zero attached hydrogens (tertiary/aromatic N) is 5. The fraction of sp³-hybridized carbons (Fsp3) is 0.0408. The predicted molar refractivity (Wildman–Crippen MR) is 222 cm³/mol. The van der Waals surface area contributed by atoms with Gasteiger partial charge in [0.25, 0.3) is 0 Å². The van der Waals surface area contributed by atoms with Crippen molar-refractivity contribution < 1.29 is 8.78 Å². The summed E-state index contributed by atoms with van der Waals surface area (Å²) in [7, 11) is 0. The summed E-state index contributed by atoms with van der Waals surface area (Å²) in [5.74, 6) is 1.03. The number of fused-ring (bicyclic) bond motifs is 6. The monoisotopic (exact) mass is 727 g/mol. The topological polar surface area (TPSA) is 64.5 Å². The average Bonchev–Trinajstić information content (AvgIpc) is 3.25. The summed E-state index contributed by atoms with van der Waals surface area (Å²) in [6.45, 7) is 4.25. The molecule has 56 heavy (non-hydrogen) atoms. The van der Waals surface area contributed by atoms with E-state index in [1.165, 1.54) is 24.3 Å². The van der Waals surface area contributed by atoms with E-state index in [1.807, 2.05) is 91.0 Å². The van der Waals surface area contributed by atoms with Crippen molar-refractivity contribution in [1.29, 1.82) is 0 Å². The number of para-hydroxylation sites is 1. The summed E-state index contributed by atoms with van der Waals surface area (Å²) < 4.78 is 28.6. The van der Waals surface area contributed by atoms with Gasteiger partial charge in [0.15, 0.2) is 17.5 Å². The largest absolute Gasteiger partial charge is 0.247 e. The highest BCUT2D eigenvalue weighted by atomic mass is 19.1. The average molecular weight is 728 g/mol. The van der Waals surface area contributed by atoms with Gasteiger partial charge in [0.05, 0.1) is 22.4 Å². The summed E-state index contributed by atoms with van der Waals surface area (Å²) in [5.41, 5.74) is 9.28. The number of halogens is 2. The van der Waals surface area contributed by atoms with Crippen LogP contribution in [0.1, 0.15) is 11.1 Å². The van der Waals surface area contributed by atoms with E-state index < -0.39 is 0 Å². The zero-order chi connectivity index (χ0) is 37.9. The molecule has 7 aromatic carbocycles. The summed E-state index contributed by atoms with van der Waals surface area (Å²) >= 11 is 0. The highest BCUT2D eigenvalue weighted by Crippen LogP contribution is 2.45. The third-order valence-electron chi connectivity index (χ3n) is 10.6. The SMILES string of the molecule is Cc1c2c(-c3ccc(F)cc3)nc3cc(-c4nc(-c5ccccc5)nc(-c5ccccc5)n4)ccc3c2c(C)c2c(-c3ccc(F)cc3)nc3ccccc3c12. The molecule has 0 fully saturated rings. The van der Waals surface area contributed by atoms with Gasteiger partial charge < -0.3 is 0 Å². The molecular formula is C49H31F2N5. The molecule has 0 amide bonds. The first-order valence-corrected chi connectivity index (χ1v) is 18.4. The van der Waals surface area contributed by atoms with Gasteiger partial charge in [-0.1, -0.05) is 91.0 Å². The summed E-state index contributed by atoms with van der Waals surface area (Å²) in [5, 5.41) is 5.97. The second kappa shape index (κ2) is 13.2. The van der Waals surface area contributed by atoms with Gasteiger partial charge in [-0.25, -0.2) is 33.7 Å². The molecule has 10 rings (SSSR count). The van der Waals surface area contributed by atoms with Gasteiger partial charge in [0.1, 0.15) is 11.6 Å². The molecule has 7 heteroatoms. The third-order valence-corrected chi connectivity index (χ3v) is 10.6. The highest BCUT2D eigenvalue weighted by molar-refractivity contribution is 6.25. The number of aryl methyl sites for hydroxylation is 2. The van der Waals surface area contributed by atoms with Crippen LogP contribution in [-0.4, -0.2) is 24.9 Å². The van der Waals surface area contributed by atoms with Crippen LogP contribution >= 0.6 is 0 Å². The maximum Gasteiger partial charge on any atom is 0.164 e. The van der Waals surface area contributed by atoms with Crippen molar-refractivity contribution in [2.75, 3.05) is 0 Å². The fourth-order valence-corrected chi connectivity index (χ4v) is 7.95. The Morgan fingerprint density at radius 3 is 1.27 bits per heavy atom. The van der Waals surface area contributed by atoms with Crippen molar-refractivity contribution in [3.8, 4) is 56.7 Å². The van der Waals surface area contributed by atoms with E-state index in [9.17, 15) is 8.78 Å². The molecule has 0 aliphatic carbocycles. The van der Waals surface area contributed by atoms with Crippen LogP contribution in [0.4, 0.5) is 8.78 Å². The molecule has 266 valence electrons. The molecular weight excluding hydrogens is 697 g/mol. The van der Waals surface area contributed by atoms with Crippen molar-refractivity contribution in [3.05, 3.63) is 174 Å². The number of hydrogen-bond acceptors (Lipinski definition) is 5. The molecule has 0 aliphatic rings. The van der Waals surface area contributed by atoms with Gasteiger partial charge in [-0.05, 0) is 96.4 Å². The molecule has 3 aromatic heterocycles. The quantitative estimate of drug-likeness (QED) is 0.130. The van der Waals surface area contributed by atoms with Crippen LogP contribution in [0, 0.1) is 25.5 Å². The third kappa shape index (κ3) is 5.55. The van der Waals surface area contributed by atoms with Crippen LogP contribution in [0.15, 0.2) is 152 Å². The van der Waals surface area contributed by atoms with Crippen molar-refractivity contribution >= 4 is 43.4 Å². The van der Waals surface area contributed by atoms with E-state index in [0.717, 1.165) is 93.7 Å². The second-order valence-corrected chi connectivity index (χ2v) is 14.0. The molecule has 0 aliphatic heterocycles. The minimum absolute atomic E-state index is 0.307. The first kappa shape index (κ1) is 33.3. The number of aromatic nitrogens is 5. The van der Waals surface area contributed by atoms with Gasteiger partial charge in [0, 0.05) is 49.4 Å². The standard InChI is InChI=1S/C49H31F2N5/c1-28-41-37-15-9-10-16-39(37)52-45(30-17-22-35(50)23-18-30)43(41)29(2)42-38-26-21-34(27-40(38)53-46(44(28)42)31-19-24-36(51)25-20-31)49-55-47(32-11-5-3-6-12-32)54-48(56-49)33-13-7-4-8-14-33/h3-27H,1-2H3. The Bertz CT molecular complexity index is 3090. The smallest absolute Gasteiger partial charge is 0.164 e. The van der Waals surface area contributed by atoms with Crippen molar-refractivity contribution in [2.24, 2.45) is 0 Å². The first-order chi connectivity index (χ1) is 27.4. The Balaban J connectivity index is 1.30. The minimum Gasteiger partial charge on any atom is -0.247 e. The Hall–Kier alpha value is -7.25. The second-order valence-electron chi connectivity index (χ2n) is 14.0. The molecule has 0 bridgehead atoms. The molecule has 0 unspecified atom stereocenters. The van der Waals surface area contributed by atoms with E-state index in [0.29, 0.717) is 17.5 Å². The van der Waals surface area contributed by atoms with Crippen molar-refractivity contribution in [1.82, 2.24) is 24.9 Å². The molecule has 0 N–H and O–H groups in total. The normalized spacial score (nSPS) is 11.6. The van der Waals surface area contributed by atoms with Gasteiger partial charge in [0.2, 0.25) is 0 Å². The van der Waals surface area contributed by atoms with Gasteiger partial charge in [-0.15, -0.1) is 0 Å². The zero-order valence-corrected chi connectivity index (χ0v) is 30.4. The number of pyridine rings is 2. The van der Waals surface area contributed by atoms with Crippen LogP contribution < -0.4 is 0 Å². The Kier molecular flexibility index (Phi) is 7.89. The molecule has 0 radical (unpaired) electrons. The molecule has 5 nitrogen and oxygen atoms in total. The molecule has 0 saturated carbocycles. The molecule has 0 atom stereocenters. The van der Waals surface area contributed by atoms with Gasteiger partial charge >= 0.3 is 0 Å². The molecule has 3 heterocycles. The summed E-state index contributed by atoms with van der Waals surface area (Å²) in [6, 6.07) is 47.1. The van der Waals surface area contributed by atoms with Crippen LogP contribution in [-0.2, 0) is 0 Å². The Morgan fingerprint density at radius 2 is 0.750 bits per heavy atom. The van der Waals surface area contributed by atoms with E-state index in [4.69, 9.17) is 24.9 Å². The van der Waals surface area contributed by atoms with E-state index in [2.05, 4.69) is 26.0 Å². The predicted octanol–water partition coefficient (Wildman–Crippen LogP) is 12.5. The van der Waals surface area contributed by atoms with E-state index >= 15 is 0 Å². The van der Waals surface area contributed by atoms with Crippen LogP contribution in [0.3, 0.4) is 0 Å². The molecule has 10 aromatic rings. The van der Waals surface area contributed by atoms with Crippen molar-refractivity contribution in [3.63, 3.8) is 0 Å². The minimum atomic E-state index is -0.321. The maximum atomic E-state index is 14.4. The van der Waals surface area contributed by atoms with Crippen LogP contribution in [0.5, 0.6) is 0 Å². The lowest BCUT2D eigenvalue weighted by Crippen LogP contribution is -2.01. The Morgan fingerprint density at radius 1 is 0.339 bits per heavy atom. The van der Waals surface area contributed by atoms with E-state index in [1.54, 1.807) is 24.3 Å². The number of hydrogen-bond donors (Lipinski definition) is 0. The first-order valence-electron chi connectivity index (χ1n) is 18.4. The van der Waals surface area contributed by atoms with Gasteiger partial charge in [-0.3, -0.25) is 0 Å². The van der Waals surface area contributed by atoms with Crippen molar-refractivity contribution in [2.45, 2.75) is 13.8 Å². The number of rotatable bonds is 5. The van der Waals surface area contributed by atoms with Gasteiger partial charge in [-0.2, -0.15) is 0 Å². The lowest BCUT2D eigenvalue weighted by molar-refractivity contribution is 0.627. The van der Waals surface area contributed by atoms with Crippen LogP contribution in [0.25, 0.3) is 100 Å². The van der Waals surface area contributed by atoms with Crippen LogP contribution in [0.2, 0.25) is 0 Å². The lowest BCUT2D eigenvalue weighted by Gasteiger charge is -2.21. The van der Waals surface area contributed by atoms with E-state index in [-0.39, 0.29) is 11.6 Å². The Labute approximate surface area is 321 Å². The summed E-state index contributed by atoms with van der Waals surface area (Å²) in [6.07, 6.45) is 0. The maximum absolute atomic E-state index is 14.4. The number of benzene rings is 7. The molecule has 0 spiro atoms. The summed E-state index contributed by atoms with van der Waals surface area (Å²) in [4.78, 5) is 25.4. The molecule has 0 saturated heterocycles.